The van der Waals surface area contributed by atoms with Crippen LogP contribution in [0.2, 0.25) is 0 Å². The highest BCUT2D eigenvalue weighted by Gasteiger charge is 2.27. The van der Waals surface area contributed by atoms with Gasteiger partial charge in [0.15, 0.2) is 0 Å². The van der Waals surface area contributed by atoms with Crippen molar-refractivity contribution in [3.8, 4) is 5.75 Å². The molecule has 0 spiro atoms. The zero-order chi connectivity index (χ0) is 18.5. The van der Waals surface area contributed by atoms with Gasteiger partial charge in [-0.15, -0.1) is 0 Å². The summed E-state index contributed by atoms with van der Waals surface area (Å²) in [5, 5.41) is 0. The normalized spacial score (nSPS) is 16.1. The van der Waals surface area contributed by atoms with Gasteiger partial charge in [0.05, 0.1) is 7.11 Å². The van der Waals surface area contributed by atoms with E-state index in [0.29, 0.717) is 6.04 Å². The minimum Gasteiger partial charge on any atom is -0.496 e. The lowest BCUT2D eigenvalue weighted by molar-refractivity contribution is 0.160. The Kier molecular flexibility index (Phi) is 5.55. The maximum absolute atomic E-state index is 5.66. The zero-order valence-electron chi connectivity index (χ0n) is 16.0. The van der Waals surface area contributed by atoms with Crippen molar-refractivity contribution in [2.24, 2.45) is 0 Å². The summed E-state index contributed by atoms with van der Waals surface area (Å²) in [5.41, 5.74) is 5.56. The van der Waals surface area contributed by atoms with Crippen LogP contribution in [0.25, 0.3) is 0 Å². The fourth-order valence-electron chi connectivity index (χ4n) is 4.27. The van der Waals surface area contributed by atoms with Crippen molar-refractivity contribution in [3.05, 3.63) is 101 Å². The maximum Gasteiger partial charge on any atom is 0.122 e. The topological polar surface area (TPSA) is 12.5 Å². The van der Waals surface area contributed by atoms with Gasteiger partial charge in [-0.3, -0.25) is 4.90 Å². The van der Waals surface area contributed by atoms with Gasteiger partial charge in [-0.1, -0.05) is 72.8 Å². The molecule has 2 nitrogen and oxygen atoms in total. The lowest BCUT2D eigenvalue weighted by Gasteiger charge is -2.36. The molecule has 3 aromatic rings. The Morgan fingerprint density at radius 2 is 1.44 bits per heavy atom. The minimum absolute atomic E-state index is 0.421. The van der Waals surface area contributed by atoms with E-state index in [0.717, 1.165) is 25.3 Å². The quantitative estimate of drug-likeness (QED) is 0.555. The molecule has 0 fully saturated rings. The zero-order valence-corrected chi connectivity index (χ0v) is 16.0. The summed E-state index contributed by atoms with van der Waals surface area (Å²) in [6, 6.07) is 28.6. The van der Waals surface area contributed by atoms with E-state index in [4.69, 9.17) is 4.74 Å². The number of fused-ring (bicyclic) bond motifs is 1. The van der Waals surface area contributed by atoms with Crippen molar-refractivity contribution in [2.45, 2.75) is 38.4 Å². The molecule has 0 N–H and O–H groups in total. The van der Waals surface area contributed by atoms with Crippen LogP contribution in [0.3, 0.4) is 0 Å². The molecule has 2 heteroatoms. The van der Waals surface area contributed by atoms with E-state index in [2.05, 4.69) is 83.8 Å². The Morgan fingerprint density at radius 3 is 2.04 bits per heavy atom. The van der Waals surface area contributed by atoms with Gasteiger partial charge in [-0.25, -0.2) is 0 Å². The van der Waals surface area contributed by atoms with Gasteiger partial charge in [-0.2, -0.15) is 0 Å². The first-order valence-electron chi connectivity index (χ1n) is 9.83. The van der Waals surface area contributed by atoms with Crippen LogP contribution in [-0.4, -0.2) is 12.0 Å². The molecule has 0 radical (unpaired) electrons. The van der Waals surface area contributed by atoms with Gasteiger partial charge in [0.1, 0.15) is 5.75 Å². The second-order valence-corrected chi connectivity index (χ2v) is 7.31. The third kappa shape index (κ3) is 4.06. The Labute approximate surface area is 162 Å². The van der Waals surface area contributed by atoms with Crippen LogP contribution in [0.15, 0.2) is 78.9 Å². The Bertz CT molecular complexity index is 819. The lowest BCUT2D eigenvalue weighted by Crippen LogP contribution is -2.30. The van der Waals surface area contributed by atoms with Gasteiger partial charge in [0.25, 0.3) is 0 Å². The molecule has 4 rings (SSSR count). The van der Waals surface area contributed by atoms with Crippen molar-refractivity contribution in [1.82, 2.24) is 4.90 Å². The molecule has 0 aliphatic heterocycles. The molecular weight excluding hydrogens is 330 g/mol. The lowest BCUT2D eigenvalue weighted by atomic mass is 9.85. The van der Waals surface area contributed by atoms with Crippen molar-refractivity contribution in [1.29, 1.82) is 0 Å². The molecule has 0 amide bonds. The van der Waals surface area contributed by atoms with Crippen LogP contribution >= 0.6 is 0 Å². The van der Waals surface area contributed by atoms with Gasteiger partial charge in [-0.05, 0) is 47.6 Å². The van der Waals surface area contributed by atoms with Crippen molar-refractivity contribution in [3.63, 3.8) is 0 Å². The standard InChI is InChI=1S/C25H27NO/c1-27-25-17-9-14-22-23(25)15-8-16-24(22)26(18-20-10-4-2-5-11-20)19-21-12-6-3-7-13-21/h2-7,9-14,17,24H,8,15-16,18-19H2,1H3. The first kappa shape index (κ1) is 17.8. The number of ether oxygens (including phenoxy) is 1. The summed E-state index contributed by atoms with van der Waals surface area (Å²) in [7, 11) is 1.78. The van der Waals surface area contributed by atoms with E-state index < -0.39 is 0 Å². The molecule has 0 saturated carbocycles. The number of nitrogens with zero attached hydrogens (tertiary/aromatic N) is 1. The summed E-state index contributed by atoms with van der Waals surface area (Å²) in [6.07, 6.45) is 3.51. The molecule has 27 heavy (non-hydrogen) atoms. The fourth-order valence-corrected chi connectivity index (χ4v) is 4.27. The van der Waals surface area contributed by atoms with Crippen LogP contribution in [-0.2, 0) is 19.5 Å². The van der Waals surface area contributed by atoms with Crippen molar-refractivity contribution < 1.29 is 4.74 Å². The highest BCUT2D eigenvalue weighted by molar-refractivity contribution is 5.43. The largest absolute Gasteiger partial charge is 0.496 e. The van der Waals surface area contributed by atoms with Crippen molar-refractivity contribution >= 4 is 0 Å². The molecule has 0 heterocycles. The SMILES string of the molecule is COc1cccc2c1CCCC2N(Cc1ccccc1)Cc1ccccc1. The Hall–Kier alpha value is -2.58. The number of hydrogen-bond donors (Lipinski definition) is 0. The molecule has 138 valence electrons. The van der Waals surface area contributed by atoms with E-state index in [1.54, 1.807) is 7.11 Å². The fraction of sp³-hybridized carbons (Fsp3) is 0.280. The maximum atomic E-state index is 5.66. The summed E-state index contributed by atoms with van der Waals surface area (Å²) in [6.45, 7) is 1.91. The van der Waals surface area contributed by atoms with E-state index in [9.17, 15) is 0 Å². The monoisotopic (exact) mass is 357 g/mol. The molecule has 0 aromatic heterocycles. The molecule has 3 aromatic carbocycles. The third-order valence-electron chi connectivity index (χ3n) is 5.55. The van der Waals surface area contributed by atoms with Gasteiger partial charge in [0, 0.05) is 19.1 Å². The van der Waals surface area contributed by atoms with E-state index in [1.165, 1.54) is 35.1 Å². The van der Waals surface area contributed by atoms with E-state index in [-0.39, 0.29) is 0 Å². The van der Waals surface area contributed by atoms with E-state index in [1.807, 2.05) is 0 Å². The average molecular weight is 357 g/mol. The van der Waals surface area contributed by atoms with Gasteiger partial charge >= 0.3 is 0 Å². The van der Waals surface area contributed by atoms with Crippen LogP contribution in [0, 0.1) is 0 Å². The smallest absolute Gasteiger partial charge is 0.122 e. The molecule has 1 unspecified atom stereocenters. The number of benzene rings is 3. The molecule has 1 aliphatic carbocycles. The summed E-state index contributed by atoms with van der Waals surface area (Å²) < 4.78 is 5.66. The second kappa shape index (κ2) is 8.41. The predicted molar refractivity (Wildman–Crippen MR) is 111 cm³/mol. The van der Waals surface area contributed by atoms with Crippen LogP contribution in [0.4, 0.5) is 0 Å². The number of hydrogen-bond acceptors (Lipinski definition) is 2. The molecule has 1 atom stereocenters. The summed E-state index contributed by atoms with van der Waals surface area (Å²) >= 11 is 0. The Morgan fingerprint density at radius 1 is 0.815 bits per heavy atom. The summed E-state index contributed by atoms with van der Waals surface area (Å²) in [5.74, 6) is 1.04. The van der Waals surface area contributed by atoms with Gasteiger partial charge in [0.2, 0.25) is 0 Å². The molecular formula is C25H27NO. The number of rotatable bonds is 6. The van der Waals surface area contributed by atoms with E-state index >= 15 is 0 Å². The summed E-state index contributed by atoms with van der Waals surface area (Å²) in [4.78, 5) is 2.63. The van der Waals surface area contributed by atoms with Gasteiger partial charge < -0.3 is 4.74 Å². The third-order valence-corrected chi connectivity index (χ3v) is 5.55. The van der Waals surface area contributed by atoms with Crippen molar-refractivity contribution in [2.75, 3.05) is 7.11 Å². The first-order valence-corrected chi connectivity index (χ1v) is 9.83. The molecule has 1 aliphatic rings. The van der Waals surface area contributed by atoms with Crippen LogP contribution in [0.1, 0.15) is 41.1 Å². The molecule has 0 bridgehead atoms. The number of methoxy groups -OCH3 is 1. The Balaban J connectivity index is 1.68. The highest BCUT2D eigenvalue weighted by Crippen LogP contribution is 2.39. The highest BCUT2D eigenvalue weighted by atomic mass is 16.5. The van der Waals surface area contributed by atoms with Crippen LogP contribution in [0.5, 0.6) is 5.75 Å². The minimum atomic E-state index is 0.421. The first-order chi connectivity index (χ1) is 13.3. The molecule has 0 saturated heterocycles. The second-order valence-electron chi connectivity index (χ2n) is 7.31. The average Bonchev–Trinajstić information content (AvgIpc) is 2.74. The predicted octanol–water partition coefficient (Wildman–Crippen LogP) is 5.78. The van der Waals surface area contributed by atoms with Crippen LogP contribution < -0.4 is 4.74 Å².